The highest BCUT2D eigenvalue weighted by Crippen LogP contribution is 2.32. The molecule has 0 saturated carbocycles. The summed E-state index contributed by atoms with van der Waals surface area (Å²) in [5, 5.41) is 8.62. The Bertz CT molecular complexity index is 758. The highest BCUT2D eigenvalue weighted by Gasteiger charge is 2.15. The first-order chi connectivity index (χ1) is 11.8. The second-order valence-corrected chi connectivity index (χ2v) is 6.88. The van der Waals surface area contributed by atoms with E-state index in [2.05, 4.69) is 30.5 Å². The molecule has 9 heteroatoms. The third-order valence-electron chi connectivity index (χ3n) is 3.79. The smallest absolute Gasteiger partial charge is 0.224 e. The standard InChI is InChI=1S/C15H17ClN6OS/c16-14-18-10(9-22-4-6-23-7-5-22)8-12(20-14)21-15-19-11-2-1-3-17-13(11)24-15/h1-2,8,17H,3-7,9H2,(H,18,19,20,21). The zero-order chi connectivity index (χ0) is 16.4. The summed E-state index contributed by atoms with van der Waals surface area (Å²) < 4.78 is 5.37. The Balaban J connectivity index is 1.50. The van der Waals surface area contributed by atoms with Crippen LogP contribution in [0.25, 0.3) is 6.08 Å². The molecule has 0 amide bonds. The molecule has 0 atom stereocenters. The Labute approximate surface area is 148 Å². The minimum Gasteiger partial charge on any atom is -0.379 e. The second-order valence-electron chi connectivity index (χ2n) is 5.54. The summed E-state index contributed by atoms with van der Waals surface area (Å²) in [6.45, 7) is 4.89. The van der Waals surface area contributed by atoms with Crippen LogP contribution in [0.2, 0.25) is 5.28 Å². The summed E-state index contributed by atoms with van der Waals surface area (Å²) in [5.74, 6) is 0.660. The van der Waals surface area contributed by atoms with Crippen LogP contribution in [0.4, 0.5) is 16.0 Å². The third-order valence-corrected chi connectivity index (χ3v) is 4.90. The van der Waals surface area contributed by atoms with E-state index in [9.17, 15) is 0 Å². The van der Waals surface area contributed by atoms with Gasteiger partial charge in [-0.1, -0.05) is 17.4 Å². The van der Waals surface area contributed by atoms with Crippen LogP contribution >= 0.6 is 22.9 Å². The normalized spacial score (nSPS) is 17.4. The molecule has 0 unspecified atom stereocenters. The molecule has 2 aliphatic heterocycles. The van der Waals surface area contributed by atoms with E-state index < -0.39 is 0 Å². The number of aromatic nitrogens is 3. The maximum atomic E-state index is 6.09. The molecule has 4 rings (SSSR count). The number of fused-ring (bicyclic) bond motifs is 1. The van der Waals surface area contributed by atoms with Crippen molar-refractivity contribution in [3.05, 3.63) is 28.8 Å². The van der Waals surface area contributed by atoms with Gasteiger partial charge in [-0.25, -0.2) is 15.0 Å². The van der Waals surface area contributed by atoms with Crippen molar-refractivity contribution in [2.45, 2.75) is 6.54 Å². The van der Waals surface area contributed by atoms with Crippen LogP contribution in [0.1, 0.15) is 11.4 Å². The maximum Gasteiger partial charge on any atom is 0.224 e. The lowest BCUT2D eigenvalue weighted by molar-refractivity contribution is 0.0336. The molecule has 7 nitrogen and oxygen atoms in total. The van der Waals surface area contributed by atoms with E-state index >= 15 is 0 Å². The Morgan fingerprint density at radius 2 is 2.17 bits per heavy atom. The monoisotopic (exact) mass is 364 g/mol. The van der Waals surface area contributed by atoms with Gasteiger partial charge in [-0.15, -0.1) is 0 Å². The fourth-order valence-electron chi connectivity index (χ4n) is 2.66. The molecule has 2 N–H and O–H groups in total. The summed E-state index contributed by atoms with van der Waals surface area (Å²) >= 11 is 7.65. The maximum absolute atomic E-state index is 6.09. The van der Waals surface area contributed by atoms with Crippen molar-refractivity contribution in [1.29, 1.82) is 0 Å². The van der Waals surface area contributed by atoms with Crippen molar-refractivity contribution < 1.29 is 4.74 Å². The average Bonchev–Trinajstić information content (AvgIpc) is 2.97. The van der Waals surface area contributed by atoms with E-state index in [1.54, 1.807) is 11.3 Å². The number of thiazole rings is 1. The molecule has 4 heterocycles. The lowest BCUT2D eigenvalue weighted by Crippen LogP contribution is -2.35. The first-order valence-corrected chi connectivity index (χ1v) is 8.97. The van der Waals surface area contributed by atoms with Crippen molar-refractivity contribution in [3.8, 4) is 0 Å². The second kappa shape index (κ2) is 7.02. The highest BCUT2D eigenvalue weighted by atomic mass is 35.5. The average molecular weight is 365 g/mol. The van der Waals surface area contributed by atoms with Gasteiger partial charge in [0, 0.05) is 32.2 Å². The molecule has 0 spiro atoms. The van der Waals surface area contributed by atoms with Crippen molar-refractivity contribution in [2.24, 2.45) is 0 Å². The molecule has 0 aliphatic carbocycles. The van der Waals surface area contributed by atoms with Crippen LogP contribution in [-0.2, 0) is 11.3 Å². The molecule has 2 aromatic heterocycles. The van der Waals surface area contributed by atoms with Crippen molar-refractivity contribution in [3.63, 3.8) is 0 Å². The Kier molecular flexibility index (Phi) is 4.61. The molecule has 2 aliphatic rings. The Morgan fingerprint density at radius 3 is 3.00 bits per heavy atom. The summed E-state index contributed by atoms with van der Waals surface area (Å²) in [6.07, 6.45) is 4.07. The van der Waals surface area contributed by atoms with Gasteiger partial charge < -0.3 is 15.4 Å². The minimum atomic E-state index is 0.239. The minimum absolute atomic E-state index is 0.239. The van der Waals surface area contributed by atoms with E-state index in [0.717, 1.165) is 60.9 Å². The molecule has 24 heavy (non-hydrogen) atoms. The van der Waals surface area contributed by atoms with E-state index in [4.69, 9.17) is 16.3 Å². The van der Waals surface area contributed by atoms with Gasteiger partial charge in [0.05, 0.1) is 24.6 Å². The number of rotatable bonds is 4. The van der Waals surface area contributed by atoms with Gasteiger partial charge in [0.2, 0.25) is 5.28 Å². The number of anilines is 3. The van der Waals surface area contributed by atoms with Gasteiger partial charge in [-0.05, 0) is 17.7 Å². The quantitative estimate of drug-likeness (QED) is 0.807. The SMILES string of the molecule is Clc1nc(CN2CCOCC2)cc(Nc2nc3c(s2)NCC=C3)n1. The number of hydrogen-bond donors (Lipinski definition) is 2. The lowest BCUT2D eigenvalue weighted by Gasteiger charge is -2.26. The number of halogens is 1. The van der Waals surface area contributed by atoms with Crippen LogP contribution in [0.3, 0.4) is 0 Å². The van der Waals surface area contributed by atoms with E-state index in [1.807, 2.05) is 18.2 Å². The number of hydrogen-bond acceptors (Lipinski definition) is 8. The molecule has 1 fully saturated rings. The zero-order valence-corrected chi connectivity index (χ0v) is 14.5. The molecule has 0 aromatic carbocycles. The predicted molar refractivity (Wildman–Crippen MR) is 96.1 cm³/mol. The Morgan fingerprint density at radius 1 is 1.29 bits per heavy atom. The summed E-state index contributed by atoms with van der Waals surface area (Å²) in [4.78, 5) is 15.4. The highest BCUT2D eigenvalue weighted by molar-refractivity contribution is 7.19. The van der Waals surface area contributed by atoms with Gasteiger partial charge in [-0.3, -0.25) is 4.90 Å². The largest absolute Gasteiger partial charge is 0.379 e. The fourth-order valence-corrected chi connectivity index (χ4v) is 3.72. The molecule has 0 radical (unpaired) electrons. The molecule has 2 aromatic rings. The van der Waals surface area contributed by atoms with Gasteiger partial charge in [0.25, 0.3) is 0 Å². The van der Waals surface area contributed by atoms with Crippen LogP contribution in [0.15, 0.2) is 12.1 Å². The molecule has 0 bridgehead atoms. The van der Waals surface area contributed by atoms with Crippen molar-refractivity contribution in [1.82, 2.24) is 19.9 Å². The van der Waals surface area contributed by atoms with Crippen LogP contribution in [0.5, 0.6) is 0 Å². The van der Waals surface area contributed by atoms with Crippen molar-refractivity contribution >= 4 is 45.0 Å². The molecule has 1 saturated heterocycles. The first kappa shape index (κ1) is 15.8. The number of morpholine rings is 1. The van der Waals surface area contributed by atoms with Gasteiger partial charge in [0.15, 0.2) is 5.13 Å². The molecular formula is C15H17ClN6OS. The fraction of sp³-hybridized carbons (Fsp3) is 0.400. The lowest BCUT2D eigenvalue weighted by atomic mass is 10.3. The van der Waals surface area contributed by atoms with E-state index in [0.29, 0.717) is 5.82 Å². The van der Waals surface area contributed by atoms with Crippen LogP contribution in [0, 0.1) is 0 Å². The van der Waals surface area contributed by atoms with Crippen molar-refractivity contribution in [2.75, 3.05) is 43.5 Å². The van der Waals surface area contributed by atoms with Gasteiger partial charge in [0.1, 0.15) is 10.8 Å². The van der Waals surface area contributed by atoms with Crippen LogP contribution in [-0.4, -0.2) is 52.7 Å². The molecule has 126 valence electrons. The number of ether oxygens (including phenoxy) is 1. The number of nitrogens with zero attached hydrogens (tertiary/aromatic N) is 4. The van der Waals surface area contributed by atoms with Gasteiger partial charge >= 0.3 is 0 Å². The summed E-state index contributed by atoms with van der Waals surface area (Å²) in [5.41, 5.74) is 1.83. The van der Waals surface area contributed by atoms with E-state index in [1.165, 1.54) is 0 Å². The van der Waals surface area contributed by atoms with Crippen LogP contribution < -0.4 is 10.6 Å². The number of nitrogens with one attached hydrogen (secondary N) is 2. The summed E-state index contributed by atoms with van der Waals surface area (Å²) in [6, 6.07) is 1.92. The third kappa shape index (κ3) is 3.67. The molecular weight excluding hydrogens is 348 g/mol. The predicted octanol–water partition coefficient (Wildman–Crippen LogP) is 2.60. The topological polar surface area (TPSA) is 75.2 Å². The zero-order valence-electron chi connectivity index (χ0n) is 13.0. The first-order valence-electron chi connectivity index (χ1n) is 7.78. The Hall–Kier alpha value is -1.74. The van der Waals surface area contributed by atoms with E-state index in [-0.39, 0.29) is 5.28 Å². The summed E-state index contributed by atoms with van der Waals surface area (Å²) in [7, 11) is 0. The van der Waals surface area contributed by atoms with Gasteiger partial charge in [-0.2, -0.15) is 0 Å².